The number of carbonyl (C=O) groups is 2. The predicted octanol–water partition coefficient (Wildman–Crippen LogP) is 3.31. The molecule has 2 saturated heterocycles. The van der Waals surface area contributed by atoms with Crippen molar-refractivity contribution in [2.75, 3.05) is 31.5 Å². The number of nitrogens with zero attached hydrogens (tertiary/aromatic N) is 2. The van der Waals surface area contributed by atoms with E-state index in [2.05, 4.69) is 5.32 Å². The fourth-order valence-corrected chi connectivity index (χ4v) is 4.18. The Bertz CT molecular complexity index is 566. The van der Waals surface area contributed by atoms with Crippen LogP contribution < -0.4 is 5.32 Å². The highest BCUT2D eigenvalue weighted by Gasteiger charge is 2.31. The monoisotopic (exact) mass is 335 g/mol. The molecule has 0 aromatic carbocycles. The summed E-state index contributed by atoms with van der Waals surface area (Å²) in [6, 6.07) is 3.85. The lowest BCUT2D eigenvalue weighted by Gasteiger charge is -2.36. The Kier molecular flexibility index (Phi) is 5.20. The van der Waals surface area contributed by atoms with Crippen molar-refractivity contribution in [3.8, 4) is 0 Å². The number of hydrogen-bond acceptors (Lipinski definition) is 3. The molecule has 2 aliphatic heterocycles. The van der Waals surface area contributed by atoms with Gasteiger partial charge < -0.3 is 9.80 Å². The molecule has 0 spiro atoms. The van der Waals surface area contributed by atoms with Gasteiger partial charge in [-0.2, -0.15) is 0 Å². The third-order valence-corrected chi connectivity index (χ3v) is 5.61. The van der Waals surface area contributed by atoms with Gasteiger partial charge in [0.2, 0.25) is 5.91 Å². The van der Waals surface area contributed by atoms with Gasteiger partial charge in [-0.1, -0.05) is 0 Å². The molecule has 3 rings (SSSR count). The minimum atomic E-state index is -0.0806. The van der Waals surface area contributed by atoms with E-state index >= 15 is 0 Å². The summed E-state index contributed by atoms with van der Waals surface area (Å²) >= 11 is 1.58. The van der Waals surface area contributed by atoms with Gasteiger partial charge in [0.05, 0.1) is 10.9 Å². The molecule has 0 radical (unpaired) electrons. The molecule has 3 heterocycles. The van der Waals surface area contributed by atoms with Crippen molar-refractivity contribution in [2.45, 2.75) is 39.0 Å². The van der Waals surface area contributed by atoms with Crippen LogP contribution in [-0.4, -0.2) is 47.9 Å². The molecule has 1 N–H and O–H groups in total. The molecule has 23 heavy (non-hydrogen) atoms. The van der Waals surface area contributed by atoms with E-state index in [1.165, 1.54) is 11.3 Å². The molecule has 2 aliphatic rings. The summed E-state index contributed by atoms with van der Waals surface area (Å²) < 4.78 is 0. The Hall–Kier alpha value is -1.56. The first kappa shape index (κ1) is 16.3. The predicted molar refractivity (Wildman–Crippen MR) is 92.8 cm³/mol. The van der Waals surface area contributed by atoms with E-state index in [-0.39, 0.29) is 17.9 Å². The lowest BCUT2D eigenvalue weighted by atomic mass is 9.95. The van der Waals surface area contributed by atoms with Crippen molar-refractivity contribution in [3.05, 3.63) is 17.0 Å². The molecule has 3 amide bonds. The zero-order valence-electron chi connectivity index (χ0n) is 13.7. The van der Waals surface area contributed by atoms with Gasteiger partial charge in [-0.05, 0) is 51.2 Å². The molecule has 5 nitrogen and oxygen atoms in total. The molecule has 1 aromatic heterocycles. The van der Waals surface area contributed by atoms with Gasteiger partial charge in [0.25, 0.3) is 0 Å². The molecule has 0 unspecified atom stereocenters. The number of rotatable bonds is 2. The minimum absolute atomic E-state index is 0.0299. The van der Waals surface area contributed by atoms with E-state index < -0.39 is 0 Å². The van der Waals surface area contributed by atoms with Gasteiger partial charge in [-0.3, -0.25) is 10.1 Å². The van der Waals surface area contributed by atoms with E-state index in [4.69, 9.17) is 0 Å². The van der Waals surface area contributed by atoms with Crippen LogP contribution in [-0.2, 0) is 4.79 Å². The van der Waals surface area contributed by atoms with Crippen LogP contribution in [0.4, 0.5) is 9.80 Å². The lowest BCUT2D eigenvalue weighted by Crippen LogP contribution is -2.48. The Balaban J connectivity index is 1.56. The number of likely N-dealkylation sites (tertiary alicyclic amines) is 2. The van der Waals surface area contributed by atoms with E-state index in [1.807, 2.05) is 24.0 Å². The maximum atomic E-state index is 12.7. The molecule has 126 valence electrons. The van der Waals surface area contributed by atoms with E-state index in [0.29, 0.717) is 6.54 Å². The second kappa shape index (κ2) is 7.34. The van der Waals surface area contributed by atoms with Gasteiger partial charge >= 0.3 is 6.03 Å². The van der Waals surface area contributed by atoms with Crippen molar-refractivity contribution in [3.63, 3.8) is 0 Å². The number of thiophene rings is 1. The number of amides is 3. The summed E-state index contributed by atoms with van der Waals surface area (Å²) in [5.74, 6) is 0.215. The highest BCUT2D eigenvalue weighted by molar-refractivity contribution is 7.16. The second-order valence-corrected chi connectivity index (χ2v) is 7.80. The van der Waals surface area contributed by atoms with Crippen LogP contribution in [0.15, 0.2) is 12.1 Å². The standard InChI is InChI=1S/C17H25N3O2S/c1-13-7-8-15(23-13)18-17(22)20-11-5-6-14(12-20)16(21)19-9-3-2-4-10-19/h7-8,14H,2-6,9-12H2,1H3,(H,18,22)/t14-/m0/s1. The van der Waals surface area contributed by atoms with Crippen LogP contribution in [0.1, 0.15) is 37.0 Å². The average molecular weight is 335 g/mol. The van der Waals surface area contributed by atoms with Gasteiger partial charge in [-0.15, -0.1) is 11.3 Å². The lowest BCUT2D eigenvalue weighted by molar-refractivity contribution is -0.137. The third-order valence-electron chi connectivity index (χ3n) is 4.70. The Morgan fingerprint density at radius 2 is 1.83 bits per heavy atom. The maximum absolute atomic E-state index is 12.7. The van der Waals surface area contributed by atoms with Gasteiger partial charge in [0.1, 0.15) is 0 Å². The van der Waals surface area contributed by atoms with Gasteiger partial charge in [0, 0.05) is 31.1 Å². The zero-order chi connectivity index (χ0) is 16.2. The SMILES string of the molecule is Cc1ccc(NC(=O)N2CCC[C@H](C(=O)N3CCCCC3)C2)s1. The molecule has 6 heteroatoms. The highest BCUT2D eigenvalue weighted by Crippen LogP contribution is 2.24. The third kappa shape index (κ3) is 4.05. The van der Waals surface area contributed by atoms with Crippen molar-refractivity contribution in [1.29, 1.82) is 0 Å². The maximum Gasteiger partial charge on any atom is 0.322 e. The summed E-state index contributed by atoms with van der Waals surface area (Å²) in [5, 5.41) is 3.82. The Morgan fingerprint density at radius 1 is 1.09 bits per heavy atom. The van der Waals surface area contributed by atoms with Crippen LogP contribution >= 0.6 is 11.3 Å². The number of carbonyl (C=O) groups excluding carboxylic acids is 2. The van der Waals surface area contributed by atoms with Crippen molar-refractivity contribution < 1.29 is 9.59 Å². The molecule has 0 bridgehead atoms. The smallest absolute Gasteiger partial charge is 0.322 e. The molecule has 0 saturated carbocycles. The van der Waals surface area contributed by atoms with Crippen LogP contribution in [0, 0.1) is 12.8 Å². The minimum Gasteiger partial charge on any atom is -0.342 e. The number of urea groups is 1. The fourth-order valence-electron chi connectivity index (χ4n) is 3.42. The summed E-state index contributed by atoms with van der Waals surface area (Å²) in [7, 11) is 0. The number of nitrogens with one attached hydrogen (secondary N) is 1. The Labute approximate surface area is 141 Å². The van der Waals surface area contributed by atoms with E-state index in [9.17, 15) is 9.59 Å². The summed E-state index contributed by atoms with van der Waals surface area (Å²) in [6.45, 7) is 5.08. The van der Waals surface area contributed by atoms with Crippen molar-refractivity contribution >= 4 is 28.3 Å². The van der Waals surface area contributed by atoms with Crippen LogP contribution in [0.3, 0.4) is 0 Å². The van der Waals surface area contributed by atoms with E-state index in [1.54, 1.807) is 16.2 Å². The molecule has 1 aromatic rings. The summed E-state index contributed by atoms with van der Waals surface area (Å²) in [5.41, 5.74) is 0. The topological polar surface area (TPSA) is 52.7 Å². The highest BCUT2D eigenvalue weighted by atomic mass is 32.1. The number of piperidine rings is 2. The Morgan fingerprint density at radius 3 is 2.52 bits per heavy atom. The molecule has 2 fully saturated rings. The summed E-state index contributed by atoms with van der Waals surface area (Å²) in [6.07, 6.45) is 5.25. The normalized spacial score (nSPS) is 22.0. The molecular weight excluding hydrogens is 310 g/mol. The largest absolute Gasteiger partial charge is 0.342 e. The second-order valence-electron chi connectivity index (χ2n) is 6.51. The first-order chi connectivity index (χ1) is 11.1. The first-order valence-corrected chi connectivity index (χ1v) is 9.36. The van der Waals surface area contributed by atoms with Gasteiger partial charge in [0.15, 0.2) is 0 Å². The van der Waals surface area contributed by atoms with Crippen molar-refractivity contribution in [1.82, 2.24) is 9.80 Å². The van der Waals surface area contributed by atoms with E-state index in [0.717, 1.165) is 50.3 Å². The number of aryl methyl sites for hydroxylation is 1. The fraction of sp³-hybridized carbons (Fsp3) is 0.647. The van der Waals surface area contributed by atoms with Crippen LogP contribution in [0.25, 0.3) is 0 Å². The molecular formula is C17H25N3O2S. The van der Waals surface area contributed by atoms with Gasteiger partial charge in [-0.25, -0.2) is 4.79 Å². The average Bonchev–Trinajstić information content (AvgIpc) is 3.00. The quantitative estimate of drug-likeness (QED) is 0.901. The number of anilines is 1. The molecule has 0 aliphatic carbocycles. The van der Waals surface area contributed by atoms with Crippen molar-refractivity contribution in [2.24, 2.45) is 5.92 Å². The molecule has 1 atom stereocenters. The van der Waals surface area contributed by atoms with Crippen LogP contribution in [0.2, 0.25) is 0 Å². The summed E-state index contributed by atoms with van der Waals surface area (Å²) in [4.78, 5) is 30.0. The van der Waals surface area contributed by atoms with Crippen LogP contribution in [0.5, 0.6) is 0 Å². The zero-order valence-corrected chi connectivity index (χ0v) is 14.5. The first-order valence-electron chi connectivity index (χ1n) is 8.54. The number of hydrogen-bond donors (Lipinski definition) is 1.